The number of halogens is 3. The van der Waals surface area contributed by atoms with Crippen LogP contribution in [0.1, 0.15) is 39.0 Å². The summed E-state index contributed by atoms with van der Waals surface area (Å²) in [5.41, 5.74) is 0. The molecule has 0 rings (SSSR count). The van der Waals surface area contributed by atoms with E-state index in [0.29, 0.717) is 6.42 Å². The Morgan fingerprint density at radius 1 is 1.27 bits per heavy atom. The molecule has 0 spiro atoms. The van der Waals surface area contributed by atoms with E-state index in [1.807, 2.05) is 6.92 Å². The monoisotopic (exact) mass is 226 g/mol. The number of hydrogen-bond donors (Lipinski definition) is 1. The molecule has 0 aromatic carbocycles. The first kappa shape index (κ1) is 14.4. The molecule has 0 aromatic rings. The zero-order valence-electron chi connectivity index (χ0n) is 8.81. The molecule has 2 nitrogen and oxygen atoms in total. The van der Waals surface area contributed by atoms with Gasteiger partial charge in [-0.3, -0.25) is 4.79 Å². The third-order valence-corrected chi connectivity index (χ3v) is 2.28. The van der Waals surface area contributed by atoms with Gasteiger partial charge in [0.1, 0.15) is 0 Å². The Morgan fingerprint density at radius 3 is 2.27 bits per heavy atom. The molecular formula is C10H17F3O2. The molecule has 1 unspecified atom stereocenters. The minimum Gasteiger partial charge on any atom is -0.396 e. The number of alkyl halides is 3. The third-order valence-electron chi connectivity index (χ3n) is 2.28. The summed E-state index contributed by atoms with van der Waals surface area (Å²) in [5.74, 6) is -2.77. The van der Waals surface area contributed by atoms with Crippen LogP contribution in [-0.4, -0.2) is 23.7 Å². The van der Waals surface area contributed by atoms with Gasteiger partial charge < -0.3 is 5.11 Å². The largest absolute Gasteiger partial charge is 0.450 e. The van der Waals surface area contributed by atoms with Crippen molar-refractivity contribution >= 4 is 5.78 Å². The molecule has 0 saturated heterocycles. The fraction of sp³-hybridized carbons (Fsp3) is 0.900. The molecule has 0 heterocycles. The lowest BCUT2D eigenvalue weighted by molar-refractivity contribution is -0.176. The minimum absolute atomic E-state index is 0.0952. The average molecular weight is 226 g/mol. The maximum Gasteiger partial charge on any atom is 0.450 e. The highest BCUT2D eigenvalue weighted by Gasteiger charge is 2.42. The number of carbonyl (C=O) groups excluding carboxylic acids is 1. The van der Waals surface area contributed by atoms with E-state index in [1.165, 1.54) is 0 Å². The Balaban J connectivity index is 4.19. The Bertz CT molecular complexity index is 190. The van der Waals surface area contributed by atoms with Crippen LogP contribution < -0.4 is 0 Å². The van der Waals surface area contributed by atoms with E-state index in [-0.39, 0.29) is 19.4 Å². The van der Waals surface area contributed by atoms with Crippen molar-refractivity contribution in [1.29, 1.82) is 0 Å². The zero-order valence-corrected chi connectivity index (χ0v) is 8.81. The van der Waals surface area contributed by atoms with E-state index in [2.05, 4.69) is 0 Å². The number of unbranched alkanes of at least 4 members (excludes halogenated alkanes) is 2. The molecule has 1 atom stereocenters. The third kappa shape index (κ3) is 5.77. The van der Waals surface area contributed by atoms with Gasteiger partial charge in [0, 0.05) is 12.5 Å². The molecule has 0 radical (unpaired) electrons. The van der Waals surface area contributed by atoms with Crippen LogP contribution in [0, 0.1) is 5.92 Å². The maximum absolute atomic E-state index is 12.1. The van der Waals surface area contributed by atoms with Crippen molar-refractivity contribution < 1.29 is 23.1 Å². The second-order valence-electron chi connectivity index (χ2n) is 3.57. The normalized spacial score (nSPS) is 13.9. The summed E-state index contributed by atoms with van der Waals surface area (Å²) in [4.78, 5) is 10.9. The Hall–Kier alpha value is -0.580. The van der Waals surface area contributed by atoms with Gasteiger partial charge in [-0.05, 0) is 12.8 Å². The quantitative estimate of drug-likeness (QED) is 0.678. The Kier molecular flexibility index (Phi) is 6.56. The summed E-state index contributed by atoms with van der Waals surface area (Å²) < 4.78 is 36.3. The number of hydrogen-bond acceptors (Lipinski definition) is 2. The van der Waals surface area contributed by atoms with E-state index in [1.54, 1.807) is 0 Å². The second kappa shape index (κ2) is 6.82. The topological polar surface area (TPSA) is 37.3 Å². The zero-order chi connectivity index (χ0) is 11.9. The van der Waals surface area contributed by atoms with Gasteiger partial charge in [-0.1, -0.05) is 26.2 Å². The summed E-state index contributed by atoms with van der Waals surface area (Å²) >= 11 is 0. The number of aliphatic hydroxyl groups is 1. The molecule has 5 heteroatoms. The molecule has 0 aliphatic rings. The van der Waals surface area contributed by atoms with Gasteiger partial charge in [-0.15, -0.1) is 0 Å². The van der Waals surface area contributed by atoms with Gasteiger partial charge in [-0.2, -0.15) is 13.2 Å². The lowest BCUT2D eigenvalue weighted by atomic mass is 9.93. The van der Waals surface area contributed by atoms with Gasteiger partial charge in [0.2, 0.25) is 5.78 Å². The van der Waals surface area contributed by atoms with Gasteiger partial charge >= 0.3 is 6.18 Å². The van der Waals surface area contributed by atoms with Crippen molar-refractivity contribution in [3.8, 4) is 0 Å². The molecular weight excluding hydrogens is 209 g/mol. The van der Waals surface area contributed by atoms with Gasteiger partial charge in [0.25, 0.3) is 0 Å². The minimum atomic E-state index is -4.77. The molecule has 0 amide bonds. The van der Waals surface area contributed by atoms with E-state index < -0.39 is 17.9 Å². The summed E-state index contributed by atoms with van der Waals surface area (Å²) in [6.45, 7) is 1.56. The molecule has 0 saturated carbocycles. The number of carbonyl (C=O) groups is 1. The van der Waals surface area contributed by atoms with Crippen LogP contribution in [0.25, 0.3) is 0 Å². The number of rotatable bonds is 7. The first-order valence-corrected chi connectivity index (χ1v) is 5.15. The summed E-state index contributed by atoms with van der Waals surface area (Å²) in [6, 6.07) is 0. The lowest BCUT2D eigenvalue weighted by Gasteiger charge is -2.15. The average Bonchev–Trinajstić information content (AvgIpc) is 2.14. The van der Waals surface area contributed by atoms with Crippen molar-refractivity contribution in [2.45, 2.75) is 45.2 Å². The summed E-state index contributed by atoms with van der Waals surface area (Å²) in [5, 5.41) is 8.59. The standard InChI is InChI=1S/C10H17F3O2/c1-2-3-4-5-8(6-7-14)9(15)10(11,12)13/h8,14H,2-7H2,1H3. The number of Topliss-reactive ketones (excluding diaryl/α,β-unsaturated/α-hetero) is 1. The van der Waals surface area contributed by atoms with Gasteiger partial charge in [0.15, 0.2) is 0 Å². The highest BCUT2D eigenvalue weighted by atomic mass is 19.4. The summed E-state index contributed by atoms with van der Waals surface area (Å²) in [7, 11) is 0. The first-order chi connectivity index (χ1) is 6.93. The van der Waals surface area contributed by atoms with Crippen LogP contribution in [0.3, 0.4) is 0 Å². The Labute approximate surface area is 87.5 Å². The van der Waals surface area contributed by atoms with E-state index in [4.69, 9.17) is 5.11 Å². The van der Waals surface area contributed by atoms with Crippen LogP contribution in [0.4, 0.5) is 13.2 Å². The number of aliphatic hydroxyl groups excluding tert-OH is 1. The van der Waals surface area contributed by atoms with Crippen molar-refractivity contribution in [2.24, 2.45) is 5.92 Å². The van der Waals surface area contributed by atoms with Crippen LogP contribution >= 0.6 is 0 Å². The van der Waals surface area contributed by atoms with Crippen LogP contribution in [0.2, 0.25) is 0 Å². The van der Waals surface area contributed by atoms with Crippen LogP contribution in [-0.2, 0) is 4.79 Å². The highest BCUT2D eigenvalue weighted by molar-refractivity contribution is 5.86. The van der Waals surface area contributed by atoms with Crippen molar-refractivity contribution in [2.75, 3.05) is 6.61 Å². The van der Waals surface area contributed by atoms with E-state index in [9.17, 15) is 18.0 Å². The number of ketones is 1. The fourth-order valence-corrected chi connectivity index (χ4v) is 1.43. The van der Waals surface area contributed by atoms with Gasteiger partial charge in [0.05, 0.1) is 0 Å². The van der Waals surface area contributed by atoms with Crippen LogP contribution in [0.15, 0.2) is 0 Å². The summed E-state index contributed by atoms with van der Waals surface area (Å²) in [6.07, 6.45) is -2.34. The highest BCUT2D eigenvalue weighted by Crippen LogP contribution is 2.26. The van der Waals surface area contributed by atoms with E-state index in [0.717, 1.165) is 12.8 Å². The molecule has 0 bridgehead atoms. The second-order valence-corrected chi connectivity index (χ2v) is 3.57. The lowest BCUT2D eigenvalue weighted by Crippen LogP contribution is -2.31. The van der Waals surface area contributed by atoms with Crippen molar-refractivity contribution in [3.05, 3.63) is 0 Å². The van der Waals surface area contributed by atoms with Gasteiger partial charge in [-0.25, -0.2) is 0 Å². The molecule has 0 aromatic heterocycles. The van der Waals surface area contributed by atoms with Crippen LogP contribution in [0.5, 0.6) is 0 Å². The molecule has 1 N–H and O–H groups in total. The first-order valence-electron chi connectivity index (χ1n) is 5.15. The SMILES string of the molecule is CCCCCC(CCO)C(=O)C(F)(F)F. The predicted octanol–water partition coefficient (Wildman–Crippen LogP) is 2.70. The predicted molar refractivity (Wildman–Crippen MR) is 50.4 cm³/mol. The molecule has 90 valence electrons. The molecule has 15 heavy (non-hydrogen) atoms. The Morgan fingerprint density at radius 2 is 1.87 bits per heavy atom. The fourth-order valence-electron chi connectivity index (χ4n) is 1.43. The van der Waals surface area contributed by atoms with E-state index >= 15 is 0 Å². The molecule has 0 fully saturated rings. The van der Waals surface area contributed by atoms with Crippen molar-refractivity contribution in [3.63, 3.8) is 0 Å². The van der Waals surface area contributed by atoms with Crippen molar-refractivity contribution in [1.82, 2.24) is 0 Å². The molecule has 0 aliphatic carbocycles. The smallest absolute Gasteiger partial charge is 0.396 e. The molecule has 0 aliphatic heterocycles. The maximum atomic E-state index is 12.1.